The van der Waals surface area contributed by atoms with E-state index in [1.54, 1.807) is 4.90 Å². The van der Waals surface area contributed by atoms with Crippen LogP contribution in [-0.4, -0.2) is 40.9 Å². The molecule has 1 fully saturated rings. The molecule has 2 rings (SSSR count). The first-order valence-corrected chi connectivity index (χ1v) is 8.16. The van der Waals surface area contributed by atoms with Gasteiger partial charge < -0.3 is 9.64 Å². The standard InChI is InChI=1S/C17H22N2O5/c1-3-13-7-4-5-10-18(13)16(20)11-24-17(21)14-8-6-9-15(12(14)2)19(22)23/h6,8-9,13H,3-5,7,10-11H2,1-2H3. The maximum absolute atomic E-state index is 12.3. The molecule has 1 amide bonds. The average molecular weight is 334 g/mol. The van der Waals surface area contributed by atoms with Crippen molar-refractivity contribution >= 4 is 17.6 Å². The Bertz CT molecular complexity index is 644. The van der Waals surface area contributed by atoms with Gasteiger partial charge in [0.25, 0.3) is 11.6 Å². The smallest absolute Gasteiger partial charge is 0.339 e. The van der Waals surface area contributed by atoms with Crippen LogP contribution in [0, 0.1) is 17.0 Å². The molecular formula is C17H22N2O5. The Balaban J connectivity index is 2.01. The Hall–Kier alpha value is -2.44. The van der Waals surface area contributed by atoms with Gasteiger partial charge in [0.1, 0.15) is 0 Å². The van der Waals surface area contributed by atoms with Gasteiger partial charge in [-0.05, 0) is 38.7 Å². The molecule has 0 radical (unpaired) electrons. The van der Waals surface area contributed by atoms with E-state index < -0.39 is 10.9 Å². The molecule has 1 aromatic carbocycles. The van der Waals surface area contributed by atoms with Gasteiger partial charge in [0.2, 0.25) is 0 Å². The number of likely N-dealkylation sites (tertiary alicyclic amines) is 1. The summed E-state index contributed by atoms with van der Waals surface area (Å²) in [4.78, 5) is 36.6. The minimum atomic E-state index is -0.713. The Kier molecular flexibility index (Phi) is 5.89. The van der Waals surface area contributed by atoms with Crippen molar-refractivity contribution in [3.8, 4) is 0 Å². The summed E-state index contributed by atoms with van der Waals surface area (Å²) in [5, 5.41) is 10.9. The van der Waals surface area contributed by atoms with Gasteiger partial charge in [-0.1, -0.05) is 13.0 Å². The minimum Gasteiger partial charge on any atom is -0.452 e. The van der Waals surface area contributed by atoms with E-state index in [1.807, 2.05) is 6.92 Å². The van der Waals surface area contributed by atoms with Crippen molar-refractivity contribution in [1.29, 1.82) is 0 Å². The van der Waals surface area contributed by atoms with Gasteiger partial charge in [-0.2, -0.15) is 0 Å². The number of benzene rings is 1. The fourth-order valence-corrected chi connectivity index (χ4v) is 3.08. The summed E-state index contributed by atoms with van der Waals surface area (Å²) in [5.74, 6) is -0.924. The van der Waals surface area contributed by atoms with Crippen molar-refractivity contribution in [2.45, 2.75) is 45.6 Å². The number of amides is 1. The lowest BCUT2D eigenvalue weighted by Gasteiger charge is -2.35. The highest BCUT2D eigenvalue weighted by molar-refractivity contribution is 5.93. The molecule has 7 heteroatoms. The van der Waals surface area contributed by atoms with Crippen molar-refractivity contribution < 1.29 is 19.2 Å². The molecule has 1 atom stereocenters. The lowest BCUT2D eigenvalue weighted by atomic mass is 10.00. The van der Waals surface area contributed by atoms with Crippen LogP contribution in [0.1, 0.15) is 48.5 Å². The van der Waals surface area contributed by atoms with Crippen molar-refractivity contribution in [2.75, 3.05) is 13.2 Å². The minimum absolute atomic E-state index is 0.114. The van der Waals surface area contributed by atoms with E-state index in [4.69, 9.17) is 4.74 Å². The molecule has 1 heterocycles. The normalized spacial score (nSPS) is 17.4. The second-order valence-electron chi connectivity index (χ2n) is 5.93. The predicted molar refractivity (Wildman–Crippen MR) is 87.8 cm³/mol. The van der Waals surface area contributed by atoms with E-state index in [2.05, 4.69) is 0 Å². The number of nitrogens with zero attached hydrogens (tertiary/aromatic N) is 2. The Labute approximate surface area is 140 Å². The molecule has 7 nitrogen and oxygen atoms in total. The van der Waals surface area contributed by atoms with E-state index in [1.165, 1.54) is 25.1 Å². The van der Waals surface area contributed by atoms with Gasteiger partial charge in [0.15, 0.2) is 6.61 Å². The van der Waals surface area contributed by atoms with E-state index in [9.17, 15) is 19.7 Å². The maximum Gasteiger partial charge on any atom is 0.339 e. The number of carbonyl (C=O) groups is 2. The summed E-state index contributed by atoms with van der Waals surface area (Å²) in [6.45, 7) is 3.88. The van der Waals surface area contributed by atoms with E-state index in [-0.39, 0.29) is 35.4 Å². The van der Waals surface area contributed by atoms with Crippen LogP contribution in [0.5, 0.6) is 0 Å². The summed E-state index contributed by atoms with van der Waals surface area (Å²) in [6, 6.07) is 4.42. The molecule has 0 saturated carbocycles. The fourth-order valence-electron chi connectivity index (χ4n) is 3.08. The Morgan fingerprint density at radius 3 is 2.79 bits per heavy atom. The average Bonchev–Trinajstić information content (AvgIpc) is 2.59. The molecule has 1 aliphatic heterocycles. The first-order valence-electron chi connectivity index (χ1n) is 8.16. The van der Waals surface area contributed by atoms with Crippen LogP contribution in [-0.2, 0) is 9.53 Å². The van der Waals surface area contributed by atoms with Crippen LogP contribution in [0.4, 0.5) is 5.69 Å². The Morgan fingerprint density at radius 1 is 1.38 bits per heavy atom. The molecule has 1 aliphatic rings. The third-order valence-electron chi connectivity index (χ3n) is 4.47. The lowest BCUT2D eigenvalue weighted by molar-refractivity contribution is -0.385. The molecule has 0 bridgehead atoms. The quantitative estimate of drug-likeness (QED) is 0.469. The number of nitro groups is 1. The Morgan fingerprint density at radius 2 is 2.12 bits per heavy atom. The van der Waals surface area contributed by atoms with Gasteiger partial charge >= 0.3 is 5.97 Å². The second-order valence-corrected chi connectivity index (χ2v) is 5.93. The number of hydrogen-bond donors (Lipinski definition) is 0. The number of piperidine rings is 1. The zero-order valence-corrected chi connectivity index (χ0v) is 14.0. The third kappa shape index (κ3) is 3.90. The molecule has 24 heavy (non-hydrogen) atoms. The van der Waals surface area contributed by atoms with Gasteiger partial charge in [-0.3, -0.25) is 14.9 Å². The van der Waals surface area contributed by atoms with Crippen molar-refractivity contribution in [1.82, 2.24) is 4.90 Å². The first kappa shape index (κ1) is 17.9. The third-order valence-corrected chi connectivity index (χ3v) is 4.47. The molecule has 0 spiro atoms. The van der Waals surface area contributed by atoms with Crippen LogP contribution in [0.3, 0.4) is 0 Å². The topological polar surface area (TPSA) is 89.8 Å². The zero-order valence-electron chi connectivity index (χ0n) is 14.0. The zero-order chi connectivity index (χ0) is 17.7. The molecule has 130 valence electrons. The number of esters is 1. The highest BCUT2D eigenvalue weighted by Crippen LogP contribution is 2.22. The molecule has 0 aliphatic carbocycles. The summed E-state index contributed by atoms with van der Waals surface area (Å²) < 4.78 is 5.10. The largest absolute Gasteiger partial charge is 0.452 e. The lowest BCUT2D eigenvalue weighted by Crippen LogP contribution is -2.45. The maximum atomic E-state index is 12.3. The molecule has 1 aromatic rings. The molecule has 1 unspecified atom stereocenters. The fraction of sp³-hybridized carbons (Fsp3) is 0.529. The van der Waals surface area contributed by atoms with Crippen molar-refractivity contribution in [3.63, 3.8) is 0 Å². The summed E-state index contributed by atoms with van der Waals surface area (Å²) in [5.41, 5.74) is 0.213. The molecular weight excluding hydrogens is 312 g/mol. The van der Waals surface area contributed by atoms with Gasteiger partial charge in [-0.25, -0.2) is 4.79 Å². The number of hydrogen-bond acceptors (Lipinski definition) is 5. The summed E-state index contributed by atoms with van der Waals surface area (Å²) in [6.07, 6.45) is 3.92. The highest BCUT2D eigenvalue weighted by Gasteiger charge is 2.26. The van der Waals surface area contributed by atoms with Gasteiger partial charge in [-0.15, -0.1) is 0 Å². The second kappa shape index (κ2) is 7.90. The van der Waals surface area contributed by atoms with Gasteiger partial charge in [0.05, 0.1) is 10.5 Å². The van der Waals surface area contributed by atoms with E-state index >= 15 is 0 Å². The van der Waals surface area contributed by atoms with Crippen LogP contribution in [0.2, 0.25) is 0 Å². The highest BCUT2D eigenvalue weighted by atomic mass is 16.6. The van der Waals surface area contributed by atoms with E-state index in [0.717, 1.165) is 25.7 Å². The molecule has 0 aromatic heterocycles. The number of rotatable bonds is 5. The van der Waals surface area contributed by atoms with Gasteiger partial charge in [0, 0.05) is 24.2 Å². The summed E-state index contributed by atoms with van der Waals surface area (Å²) >= 11 is 0. The number of carbonyl (C=O) groups excluding carboxylic acids is 2. The van der Waals surface area contributed by atoms with Crippen LogP contribution < -0.4 is 0 Å². The van der Waals surface area contributed by atoms with Crippen LogP contribution >= 0.6 is 0 Å². The van der Waals surface area contributed by atoms with E-state index in [0.29, 0.717) is 6.54 Å². The number of nitro benzene ring substituents is 1. The monoisotopic (exact) mass is 334 g/mol. The SMILES string of the molecule is CCC1CCCCN1C(=O)COC(=O)c1cccc([N+](=O)[O-])c1C. The van der Waals surface area contributed by atoms with Crippen LogP contribution in [0.15, 0.2) is 18.2 Å². The predicted octanol–water partition coefficient (Wildman–Crippen LogP) is 2.85. The number of ether oxygens (including phenoxy) is 1. The van der Waals surface area contributed by atoms with Crippen LogP contribution in [0.25, 0.3) is 0 Å². The van der Waals surface area contributed by atoms with Crippen molar-refractivity contribution in [3.05, 3.63) is 39.4 Å². The first-order chi connectivity index (χ1) is 11.5. The molecule has 1 saturated heterocycles. The summed E-state index contributed by atoms with van der Waals surface area (Å²) in [7, 11) is 0. The molecule has 0 N–H and O–H groups in total. The van der Waals surface area contributed by atoms with Crippen molar-refractivity contribution in [2.24, 2.45) is 0 Å².